The lowest BCUT2D eigenvalue weighted by molar-refractivity contribution is 0.0690. The standard InChI is InChI=1S/C10H12FNO4/c1-15-4-5-16-7-3-2-6(11)9(12)8(7)10(13)14/h2-3H,4-5,12H2,1H3,(H,13,14). The van der Waals surface area contributed by atoms with Crippen molar-refractivity contribution in [3.05, 3.63) is 23.5 Å². The molecule has 3 N–H and O–H groups in total. The number of hydrogen-bond donors (Lipinski definition) is 2. The second-order valence-corrected chi connectivity index (χ2v) is 2.98. The van der Waals surface area contributed by atoms with Gasteiger partial charge in [-0.2, -0.15) is 0 Å². The minimum atomic E-state index is -1.33. The van der Waals surface area contributed by atoms with Crippen LogP contribution in [0.2, 0.25) is 0 Å². The van der Waals surface area contributed by atoms with Crippen molar-refractivity contribution in [1.82, 2.24) is 0 Å². The fraction of sp³-hybridized carbons (Fsp3) is 0.300. The van der Waals surface area contributed by atoms with E-state index in [4.69, 9.17) is 20.3 Å². The molecule has 0 heterocycles. The van der Waals surface area contributed by atoms with Gasteiger partial charge in [0.1, 0.15) is 23.7 Å². The first kappa shape index (κ1) is 12.3. The van der Waals surface area contributed by atoms with Crippen LogP contribution < -0.4 is 10.5 Å². The molecule has 0 bridgehead atoms. The number of hydrogen-bond acceptors (Lipinski definition) is 4. The second kappa shape index (κ2) is 5.32. The van der Waals surface area contributed by atoms with Crippen LogP contribution >= 0.6 is 0 Å². The number of carboxylic acids is 1. The molecule has 0 aliphatic carbocycles. The number of aromatic carboxylic acids is 1. The Labute approximate surface area is 91.6 Å². The highest BCUT2D eigenvalue weighted by Crippen LogP contribution is 2.26. The molecule has 0 atom stereocenters. The lowest BCUT2D eigenvalue weighted by Gasteiger charge is -2.10. The quantitative estimate of drug-likeness (QED) is 0.584. The van der Waals surface area contributed by atoms with Crippen LogP contribution in [-0.4, -0.2) is 31.4 Å². The molecular weight excluding hydrogens is 217 g/mol. The molecule has 1 rings (SSSR count). The van der Waals surface area contributed by atoms with Crippen molar-refractivity contribution in [2.45, 2.75) is 0 Å². The Hall–Kier alpha value is -1.82. The van der Waals surface area contributed by atoms with Gasteiger partial charge in [0.25, 0.3) is 0 Å². The minimum Gasteiger partial charge on any atom is -0.490 e. The molecule has 0 aromatic heterocycles. The highest BCUT2D eigenvalue weighted by atomic mass is 19.1. The molecule has 6 heteroatoms. The van der Waals surface area contributed by atoms with Crippen molar-refractivity contribution < 1.29 is 23.8 Å². The van der Waals surface area contributed by atoms with Gasteiger partial charge in [-0.05, 0) is 12.1 Å². The van der Waals surface area contributed by atoms with Gasteiger partial charge in [-0.1, -0.05) is 0 Å². The summed E-state index contributed by atoms with van der Waals surface area (Å²) in [5, 5.41) is 8.87. The smallest absolute Gasteiger partial charge is 0.341 e. The monoisotopic (exact) mass is 229 g/mol. The average molecular weight is 229 g/mol. The molecule has 5 nitrogen and oxygen atoms in total. The van der Waals surface area contributed by atoms with Gasteiger partial charge in [-0.15, -0.1) is 0 Å². The molecular formula is C10H12FNO4. The zero-order valence-electron chi connectivity index (χ0n) is 8.70. The first-order valence-corrected chi connectivity index (χ1v) is 4.51. The molecule has 0 aliphatic rings. The Morgan fingerprint density at radius 3 is 2.75 bits per heavy atom. The van der Waals surface area contributed by atoms with Crippen molar-refractivity contribution in [2.24, 2.45) is 0 Å². The zero-order chi connectivity index (χ0) is 12.1. The fourth-order valence-corrected chi connectivity index (χ4v) is 1.15. The lowest BCUT2D eigenvalue weighted by Crippen LogP contribution is -2.11. The summed E-state index contributed by atoms with van der Waals surface area (Å²) >= 11 is 0. The summed E-state index contributed by atoms with van der Waals surface area (Å²) in [6, 6.07) is 2.29. The van der Waals surface area contributed by atoms with Gasteiger partial charge < -0.3 is 20.3 Å². The Bertz CT molecular complexity index is 395. The third kappa shape index (κ3) is 2.60. The number of benzene rings is 1. The summed E-state index contributed by atoms with van der Waals surface area (Å²) in [7, 11) is 1.49. The summed E-state index contributed by atoms with van der Waals surface area (Å²) < 4.78 is 22.9. The van der Waals surface area contributed by atoms with Crippen molar-refractivity contribution in [3.63, 3.8) is 0 Å². The van der Waals surface area contributed by atoms with Crippen LogP contribution in [0.3, 0.4) is 0 Å². The van der Waals surface area contributed by atoms with E-state index in [1.165, 1.54) is 13.2 Å². The second-order valence-electron chi connectivity index (χ2n) is 2.98. The number of carboxylic acid groups (broad SMARTS) is 1. The summed E-state index contributed by atoms with van der Waals surface area (Å²) in [6.45, 7) is 0.470. The van der Waals surface area contributed by atoms with Crippen molar-refractivity contribution in [1.29, 1.82) is 0 Å². The molecule has 1 aromatic rings. The van der Waals surface area contributed by atoms with E-state index in [1.807, 2.05) is 0 Å². The Balaban J connectivity index is 2.99. The number of carbonyl (C=O) groups is 1. The minimum absolute atomic E-state index is 0.0310. The number of rotatable bonds is 5. The van der Waals surface area contributed by atoms with Crippen LogP contribution in [0.25, 0.3) is 0 Å². The van der Waals surface area contributed by atoms with Gasteiger partial charge in [0.05, 0.1) is 12.3 Å². The summed E-state index contributed by atoms with van der Waals surface area (Å²) in [5.41, 5.74) is 4.53. The molecule has 0 spiro atoms. The molecule has 0 amide bonds. The van der Waals surface area contributed by atoms with Gasteiger partial charge in [-0.25, -0.2) is 9.18 Å². The number of methoxy groups -OCH3 is 1. The fourth-order valence-electron chi connectivity index (χ4n) is 1.15. The maximum absolute atomic E-state index is 13.0. The maximum atomic E-state index is 13.0. The van der Waals surface area contributed by atoms with Gasteiger partial charge in [0.2, 0.25) is 0 Å². The van der Waals surface area contributed by atoms with E-state index < -0.39 is 17.5 Å². The highest BCUT2D eigenvalue weighted by molar-refractivity contribution is 5.96. The zero-order valence-corrected chi connectivity index (χ0v) is 8.70. The molecule has 0 radical (unpaired) electrons. The Kier molecular flexibility index (Phi) is 4.07. The number of anilines is 1. The summed E-state index contributed by atoms with van der Waals surface area (Å²) in [6.07, 6.45) is 0. The number of nitrogen functional groups attached to an aromatic ring is 1. The Morgan fingerprint density at radius 2 is 2.19 bits per heavy atom. The predicted molar refractivity (Wildman–Crippen MR) is 55.1 cm³/mol. The molecule has 1 aromatic carbocycles. The van der Waals surface area contributed by atoms with Crippen LogP contribution in [0.1, 0.15) is 10.4 Å². The third-order valence-corrected chi connectivity index (χ3v) is 1.91. The van der Waals surface area contributed by atoms with Crippen LogP contribution in [0.4, 0.5) is 10.1 Å². The molecule has 0 aliphatic heterocycles. The maximum Gasteiger partial charge on any atom is 0.341 e. The SMILES string of the molecule is COCCOc1ccc(F)c(N)c1C(=O)O. The first-order valence-electron chi connectivity index (χ1n) is 4.51. The molecule has 0 saturated heterocycles. The molecule has 88 valence electrons. The van der Waals surface area contributed by atoms with Gasteiger partial charge in [0.15, 0.2) is 0 Å². The van der Waals surface area contributed by atoms with Crippen molar-refractivity contribution >= 4 is 11.7 Å². The van der Waals surface area contributed by atoms with E-state index in [-0.39, 0.29) is 17.9 Å². The summed E-state index contributed by atoms with van der Waals surface area (Å²) in [4.78, 5) is 10.9. The summed E-state index contributed by atoms with van der Waals surface area (Å²) in [5.74, 6) is -2.08. The van der Waals surface area contributed by atoms with Crippen molar-refractivity contribution in [3.8, 4) is 5.75 Å². The first-order chi connectivity index (χ1) is 7.57. The van der Waals surface area contributed by atoms with Gasteiger partial charge in [-0.3, -0.25) is 0 Å². The van der Waals surface area contributed by atoms with Gasteiger partial charge in [0, 0.05) is 7.11 Å². The average Bonchev–Trinajstić information content (AvgIpc) is 2.23. The highest BCUT2D eigenvalue weighted by Gasteiger charge is 2.18. The number of ether oxygens (including phenoxy) is 2. The molecule has 0 saturated carbocycles. The van der Waals surface area contributed by atoms with E-state index in [0.29, 0.717) is 6.61 Å². The molecule has 0 unspecified atom stereocenters. The molecule has 0 fully saturated rings. The molecule has 16 heavy (non-hydrogen) atoms. The predicted octanol–water partition coefficient (Wildman–Crippen LogP) is 1.13. The van der Waals surface area contributed by atoms with Crippen LogP contribution in [0.15, 0.2) is 12.1 Å². The van der Waals surface area contributed by atoms with E-state index in [0.717, 1.165) is 6.07 Å². The lowest BCUT2D eigenvalue weighted by atomic mass is 10.1. The van der Waals surface area contributed by atoms with E-state index in [9.17, 15) is 9.18 Å². The van der Waals surface area contributed by atoms with Crippen LogP contribution in [-0.2, 0) is 4.74 Å². The third-order valence-electron chi connectivity index (χ3n) is 1.91. The van der Waals surface area contributed by atoms with E-state index in [1.54, 1.807) is 0 Å². The Morgan fingerprint density at radius 1 is 1.50 bits per heavy atom. The van der Waals surface area contributed by atoms with Crippen LogP contribution in [0, 0.1) is 5.82 Å². The largest absolute Gasteiger partial charge is 0.490 e. The van der Waals surface area contributed by atoms with Gasteiger partial charge >= 0.3 is 5.97 Å². The van der Waals surface area contributed by atoms with Crippen molar-refractivity contribution in [2.75, 3.05) is 26.1 Å². The normalized spacial score (nSPS) is 10.1. The topological polar surface area (TPSA) is 81.8 Å². The number of nitrogens with two attached hydrogens (primary N) is 1. The van der Waals surface area contributed by atoms with Crippen LogP contribution in [0.5, 0.6) is 5.75 Å². The van der Waals surface area contributed by atoms with E-state index >= 15 is 0 Å². The van der Waals surface area contributed by atoms with E-state index in [2.05, 4.69) is 0 Å². The number of halogens is 1.